The topological polar surface area (TPSA) is 9.23 Å². The van der Waals surface area contributed by atoms with Gasteiger partial charge >= 0.3 is 0 Å². The third kappa shape index (κ3) is 3.62. The standard InChI is InChI=1S/C38H26O/c1-2-8-25(9-3-1)29-20-21-33-35-23-22-32(34-14-7-15-36(38(34)35)39-37(33)24-29)28-18-16-27(17-19-28)31-13-6-11-26-10-4-5-12-30(26)31/h1-23,37H,24H2. The molecule has 0 aromatic heterocycles. The molecule has 0 spiro atoms. The van der Waals surface area contributed by atoms with Crippen LogP contribution in [-0.2, 0) is 0 Å². The maximum Gasteiger partial charge on any atom is 0.128 e. The maximum absolute atomic E-state index is 6.66. The fourth-order valence-electron chi connectivity index (χ4n) is 6.33. The summed E-state index contributed by atoms with van der Waals surface area (Å²) in [6.07, 6.45) is 5.45. The Morgan fingerprint density at radius 3 is 2.00 bits per heavy atom. The molecule has 0 amide bonds. The Bertz CT molecular complexity index is 1940. The molecule has 1 aliphatic heterocycles. The molecule has 1 unspecified atom stereocenters. The molecular weight excluding hydrogens is 472 g/mol. The number of allylic oxidation sites excluding steroid dienone is 2. The van der Waals surface area contributed by atoms with Crippen LogP contribution in [0.15, 0.2) is 140 Å². The summed E-state index contributed by atoms with van der Waals surface area (Å²) in [6.45, 7) is 0. The molecule has 0 bridgehead atoms. The van der Waals surface area contributed by atoms with Crippen LogP contribution in [0.5, 0.6) is 5.75 Å². The van der Waals surface area contributed by atoms with Crippen LogP contribution >= 0.6 is 0 Å². The summed E-state index contributed by atoms with van der Waals surface area (Å²) in [5.74, 6) is 0.980. The van der Waals surface area contributed by atoms with Crippen molar-refractivity contribution in [1.29, 1.82) is 0 Å². The van der Waals surface area contributed by atoms with Gasteiger partial charge in [0.1, 0.15) is 11.9 Å². The fourth-order valence-corrected chi connectivity index (χ4v) is 6.33. The first-order valence-electron chi connectivity index (χ1n) is 13.6. The van der Waals surface area contributed by atoms with Gasteiger partial charge in [-0.3, -0.25) is 0 Å². The Morgan fingerprint density at radius 2 is 1.15 bits per heavy atom. The van der Waals surface area contributed by atoms with Crippen LogP contribution < -0.4 is 4.74 Å². The van der Waals surface area contributed by atoms with Crippen LogP contribution in [0.4, 0.5) is 0 Å². The largest absolute Gasteiger partial charge is 0.485 e. The highest BCUT2D eigenvalue weighted by Gasteiger charge is 2.30. The fraction of sp³-hybridized carbons (Fsp3) is 0.0526. The van der Waals surface area contributed by atoms with E-state index in [2.05, 4.69) is 140 Å². The molecule has 1 nitrogen and oxygen atoms in total. The monoisotopic (exact) mass is 498 g/mol. The zero-order valence-corrected chi connectivity index (χ0v) is 21.5. The van der Waals surface area contributed by atoms with Crippen molar-refractivity contribution in [2.75, 3.05) is 0 Å². The van der Waals surface area contributed by atoms with Gasteiger partial charge in [0, 0.05) is 17.4 Å². The van der Waals surface area contributed by atoms with Crippen molar-refractivity contribution in [3.05, 3.63) is 151 Å². The minimum Gasteiger partial charge on any atom is -0.485 e. The number of benzene rings is 6. The van der Waals surface area contributed by atoms with Crippen LogP contribution in [0.2, 0.25) is 0 Å². The van der Waals surface area contributed by atoms with Crippen LogP contribution in [0.1, 0.15) is 17.5 Å². The Balaban J connectivity index is 1.21. The van der Waals surface area contributed by atoms with Gasteiger partial charge in [-0.25, -0.2) is 0 Å². The quantitative estimate of drug-likeness (QED) is 0.236. The van der Waals surface area contributed by atoms with E-state index in [4.69, 9.17) is 4.74 Å². The second kappa shape index (κ2) is 8.85. The lowest BCUT2D eigenvalue weighted by atomic mass is 9.82. The van der Waals surface area contributed by atoms with E-state index in [1.807, 2.05) is 0 Å². The van der Waals surface area contributed by atoms with Gasteiger partial charge < -0.3 is 4.74 Å². The van der Waals surface area contributed by atoms with Crippen molar-refractivity contribution in [2.24, 2.45) is 0 Å². The third-order valence-electron chi connectivity index (χ3n) is 8.24. The molecule has 0 fully saturated rings. The summed E-state index contributed by atoms with van der Waals surface area (Å²) in [5, 5.41) is 5.00. The summed E-state index contributed by atoms with van der Waals surface area (Å²) in [7, 11) is 0. The third-order valence-corrected chi connectivity index (χ3v) is 8.24. The first kappa shape index (κ1) is 22.1. The van der Waals surface area contributed by atoms with Gasteiger partial charge in [-0.2, -0.15) is 0 Å². The van der Waals surface area contributed by atoms with Gasteiger partial charge in [-0.05, 0) is 61.2 Å². The molecular formula is C38H26O. The second-order valence-corrected chi connectivity index (χ2v) is 10.4. The molecule has 0 radical (unpaired) electrons. The molecule has 1 atom stereocenters. The first-order chi connectivity index (χ1) is 19.3. The molecule has 1 heterocycles. The van der Waals surface area contributed by atoms with Crippen LogP contribution in [0.25, 0.3) is 54.9 Å². The number of hydrogen-bond donors (Lipinski definition) is 0. The zero-order chi connectivity index (χ0) is 25.8. The van der Waals surface area contributed by atoms with Gasteiger partial charge in [0.05, 0.1) is 0 Å². The zero-order valence-electron chi connectivity index (χ0n) is 21.5. The van der Waals surface area contributed by atoms with E-state index < -0.39 is 0 Å². The van der Waals surface area contributed by atoms with E-state index >= 15 is 0 Å². The Morgan fingerprint density at radius 1 is 0.487 bits per heavy atom. The van der Waals surface area contributed by atoms with Crippen molar-refractivity contribution < 1.29 is 4.74 Å². The average molecular weight is 499 g/mol. The molecule has 2 aliphatic rings. The lowest BCUT2D eigenvalue weighted by Gasteiger charge is -2.32. The van der Waals surface area contributed by atoms with E-state index in [1.54, 1.807) is 0 Å². The van der Waals surface area contributed by atoms with Gasteiger partial charge in [0.2, 0.25) is 0 Å². The SMILES string of the molecule is C1=C(c2ccccc2)CC2Oc3cccc4c(-c5ccc(-c6cccc7ccccc67)cc5)ccc(c34)C2=C1. The molecule has 0 saturated heterocycles. The lowest BCUT2D eigenvalue weighted by molar-refractivity contribution is 0.262. The molecule has 0 N–H and O–H groups in total. The Hall–Kier alpha value is -4.88. The highest BCUT2D eigenvalue weighted by atomic mass is 16.5. The number of rotatable bonds is 3. The summed E-state index contributed by atoms with van der Waals surface area (Å²) < 4.78 is 6.66. The molecule has 184 valence electrons. The van der Waals surface area contributed by atoms with Gasteiger partial charge in [0.25, 0.3) is 0 Å². The molecule has 1 aliphatic carbocycles. The van der Waals surface area contributed by atoms with E-state index in [-0.39, 0.29) is 6.10 Å². The number of hydrogen-bond acceptors (Lipinski definition) is 1. The lowest BCUT2D eigenvalue weighted by Crippen LogP contribution is -2.24. The van der Waals surface area contributed by atoms with Crippen molar-refractivity contribution in [1.82, 2.24) is 0 Å². The Labute approximate surface area is 228 Å². The molecule has 39 heavy (non-hydrogen) atoms. The maximum atomic E-state index is 6.66. The van der Waals surface area contributed by atoms with Gasteiger partial charge in [0.15, 0.2) is 0 Å². The summed E-state index contributed by atoms with van der Waals surface area (Å²) in [6, 6.07) is 45.8. The molecule has 0 saturated carbocycles. The van der Waals surface area contributed by atoms with E-state index in [0.29, 0.717) is 0 Å². The predicted octanol–water partition coefficient (Wildman–Crippen LogP) is 9.96. The molecule has 8 rings (SSSR count). The predicted molar refractivity (Wildman–Crippen MR) is 164 cm³/mol. The Kier molecular flexibility index (Phi) is 5.03. The summed E-state index contributed by atoms with van der Waals surface area (Å²) in [4.78, 5) is 0. The second-order valence-electron chi connectivity index (χ2n) is 10.4. The minimum absolute atomic E-state index is 0.0362. The van der Waals surface area contributed by atoms with E-state index in [1.165, 1.54) is 66.1 Å². The van der Waals surface area contributed by atoms with Crippen molar-refractivity contribution in [3.63, 3.8) is 0 Å². The van der Waals surface area contributed by atoms with Crippen LogP contribution in [-0.4, -0.2) is 6.10 Å². The van der Waals surface area contributed by atoms with Crippen molar-refractivity contribution in [2.45, 2.75) is 12.5 Å². The van der Waals surface area contributed by atoms with Crippen molar-refractivity contribution in [3.8, 4) is 28.0 Å². The van der Waals surface area contributed by atoms with Crippen LogP contribution in [0.3, 0.4) is 0 Å². The van der Waals surface area contributed by atoms with Crippen LogP contribution in [0, 0.1) is 0 Å². The highest BCUT2D eigenvalue weighted by Crippen LogP contribution is 2.46. The van der Waals surface area contributed by atoms with Crippen molar-refractivity contribution >= 4 is 32.7 Å². The number of ether oxygens (including phenoxy) is 1. The number of fused-ring (bicyclic) bond motifs is 3. The smallest absolute Gasteiger partial charge is 0.128 e. The van der Waals surface area contributed by atoms with Gasteiger partial charge in [-0.1, -0.05) is 133 Å². The van der Waals surface area contributed by atoms with Gasteiger partial charge in [-0.15, -0.1) is 0 Å². The molecule has 1 heteroatoms. The minimum atomic E-state index is 0.0362. The summed E-state index contributed by atoms with van der Waals surface area (Å²) >= 11 is 0. The highest BCUT2D eigenvalue weighted by molar-refractivity contribution is 6.08. The molecule has 6 aromatic rings. The molecule has 6 aromatic carbocycles. The van der Waals surface area contributed by atoms with E-state index in [0.717, 1.165) is 12.2 Å². The van der Waals surface area contributed by atoms with E-state index in [9.17, 15) is 0 Å². The first-order valence-corrected chi connectivity index (χ1v) is 13.6. The summed E-state index contributed by atoms with van der Waals surface area (Å²) in [5.41, 5.74) is 10.1. The average Bonchev–Trinajstić information content (AvgIpc) is 3.01. The normalized spacial score (nSPS) is 15.8.